The molecule has 0 spiro atoms. The van der Waals surface area contributed by atoms with Crippen LogP contribution in [0.1, 0.15) is 21.9 Å². The number of rotatable bonds is 5. The number of nitrogens with zero attached hydrogens (tertiary/aromatic N) is 4. The monoisotopic (exact) mass is 399 g/mol. The zero-order chi connectivity index (χ0) is 21.1. The second-order valence-electron chi connectivity index (χ2n) is 6.39. The molecular weight excluding hydrogens is 381 g/mol. The van der Waals surface area contributed by atoms with Crippen LogP contribution in [-0.4, -0.2) is 45.2 Å². The number of aryl methyl sites for hydroxylation is 2. The number of carbonyl (C=O) groups excluding carboxylic acids is 2. The van der Waals surface area contributed by atoms with Gasteiger partial charge in [-0.25, -0.2) is 9.07 Å². The quantitative estimate of drug-likeness (QED) is 0.699. The first-order valence-electron chi connectivity index (χ1n) is 8.61. The Bertz CT molecular complexity index is 1140. The van der Waals surface area contributed by atoms with Gasteiger partial charge in [-0.1, -0.05) is 17.3 Å². The van der Waals surface area contributed by atoms with Gasteiger partial charge in [0.15, 0.2) is 11.5 Å². The molecular formula is C19H18FN5O4. The van der Waals surface area contributed by atoms with Crippen molar-refractivity contribution in [1.29, 1.82) is 0 Å². The van der Waals surface area contributed by atoms with Crippen molar-refractivity contribution in [3.63, 3.8) is 0 Å². The van der Waals surface area contributed by atoms with Crippen LogP contribution < -0.4 is 10.7 Å². The van der Waals surface area contributed by atoms with Crippen molar-refractivity contribution in [3.8, 4) is 5.69 Å². The minimum atomic E-state index is -0.772. The summed E-state index contributed by atoms with van der Waals surface area (Å²) in [6.45, 7) is 2.90. The summed E-state index contributed by atoms with van der Waals surface area (Å²) in [6.07, 6.45) is 0. The van der Waals surface area contributed by atoms with E-state index < -0.39 is 28.8 Å². The molecule has 3 rings (SSSR count). The second kappa shape index (κ2) is 8.05. The highest BCUT2D eigenvalue weighted by Crippen LogP contribution is 2.13. The number of likely N-dealkylation sites (N-methyl/N-ethyl adjacent to an activating group) is 1. The summed E-state index contributed by atoms with van der Waals surface area (Å²) in [5, 5.41) is 10.1. The summed E-state index contributed by atoms with van der Waals surface area (Å²) in [7, 11) is 1.35. The fourth-order valence-corrected chi connectivity index (χ4v) is 2.64. The molecule has 0 atom stereocenters. The normalized spacial score (nSPS) is 10.6. The van der Waals surface area contributed by atoms with Crippen LogP contribution in [0.25, 0.3) is 5.69 Å². The van der Waals surface area contributed by atoms with Crippen LogP contribution in [0.3, 0.4) is 0 Å². The number of hydrogen-bond acceptors (Lipinski definition) is 6. The average molecular weight is 399 g/mol. The van der Waals surface area contributed by atoms with Gasteiger partial charge in [-0.15, -0.1) is 0 Å². The van der Waals surface area contributed by atoms with Gasteiger partial charge in [-0.3, -0.25) is 14.4 Å². The topological polar surface area (TPSA) is 110 Å². The Balaban J connectivity index is 1.83. The fraction of sp³-hybridized carbons (Fsp3) is 0.211. The Morgan fingerprint density at radius 3 is 2.62 bits per heavy atom. The molecule has 0 saturated heterocycles. The second-order valence-corrected chi connectivity index (χ2v) is 6.39. The van der Waals surface area contributed by atoms with Gasteiger partial charge in [0, 0.05) is 24.9 Å². The number of aromatic nitrogens is 3. The minimum Gasteiger partial charge on any atom is -0.360 e. The number of benzene rings is 1. The number of nitrogens with one attached hydrogen (secondary N) is 1. The first kappa shape index (κ1) is 19.9. The number of hydrogen-bond donors (Lipinski definition) is 1. The first-order chi connectivity index (χ1) is 13.8. The molecule has 9 nitrogen and oxygen atoms in total. The maximum atomic E-state index is 14.1. The molecule has 0 radical (unpaired) electrons. The van der Waals surface area contributed by atoms with E-state index in [0.717, 1.165) is 4.90 Å². The molecule has 0 bridgehead atoms. The molecule has 2 amide bonds. The molecule has 2 aromatic heterocycles. The van der Waals surface area contributed by atoms with Crippen LogP contribution in [-0.2, 0) is 4.79 Å². The Morgan fingerprint density at radius 2 is 1.97 bits per heavy atom. The van der Waals surface area contributed by atoms with Crippen LogP contribution in [0.15, 0.2) is 45.7 Å². The number of amides is 2. The van der Waals surface area contributed by atoms with Gasteiger partial charge in [0.2, 0.25) is 11.3 Å². The molecule has 0 fully saturated rings. The number of para-hydroxylation sites is 1. The van der Waals surface area contributed by atoms with E-state index in [-0.39, 0.29) is 18.1 Å². The van der Waals surface area contributed by atoms with E-state index >= 15 is 0 Å². The van der Waals surface area contributed by atoms with E-state index in [1.807, 2.05) is 0 Å². The molecule has 3 aromatic rings. The van der Waals surface area contributed by atoms with E-state index in [1.54, 1.807) is 19.9 Å². The summed E-state index contributed by atoms with van der Waals surface area (Å²) in [5.41, 5.74) is -0.592. The van der Waals surface area contributed by atoms with E-state index in [4.69, 9.17) is 4.52 Å². The van der Waals surface area contributed by atoms with E-state index in [0.29, 0.717) is 11.5 Å². The van der Waals surface area contributed by atoms with Gasteiger partial charge in [-0.2, -0.15) is 5.10 Å². The summed E-state index contributed by atoms with van der Waals surface area (Å²) >= 11 is 0. The molecule has 0 unspecified atom stereocenters. The predicted molar refractivity (Wildman–Crippen MR) is 101 cm³/mol. The molecule has 10 heteroatoms. The van der Waals surface area contributed by atoms with Crippen LogP contribution in [0.4, 0.5) is 10.2 Å². The molecule has 0 aliphatic carbocycles. The van der Waals surface area contributed by atoms with E-state index in [2.05, 4.69) is 15.6 Å². The lowest BCUT2D eigenvalue weighted by Gasteiger charge is -2.17. The number of anilines is 1. The fourth-order valence-electron chi connectivity index (χ4n) is 2.64. The summed E-state index contributed by atoms with van der Waals surface area (Å²) in [4.78, 5) is 38.1. The number of halogens is 1. The molecule has 29 heavy (non-hydrogen) atoms. The molecule has 150 valence electrons. The van der Waals surface area contributed by atoms with E-state index in [1.165, 1.54) is 42.1 Å². The van der Waals surface area contributed by atoms with Gasteiger partial charge < -0.3 is 14.7 Å². The lowest BCUT2D eigenvalue weighted by molar-refractivity contribution is -0.116. The average Bonchev–Trinajstić information content (AvgIpc) is 3.06. The third-order valence-electron chi connectivity index (χ3n) is 4.01. The standard InChI is InChI=1S/C19H18FN5O4/c1-11-8-15(26)18(22-25(11)14-7-5-4-6-13(14)20)19(28)24(3)10-17(27)21-16-9-12(2)29-23-16/h4-9H,10H2,1-3H3,(H,21,23,27). The van der Waals surface area contributed by atoms with Crippen molar-refractivity contribution in [2.75, 3.05) is 18.9 Å². The highest BCUT2D eigenvalue weighted by molar-refractivity contribution is 5.97. The highest BCUT2D eigenvalue weighted by atomic mass is 19.1. The van der Waals surface area contributed by atoms with E-state index in [9.17, 15) is 18.8 Å². The van der Waals surface area contributed by atoms with Gasteiger partial charge in [0.1, 0.15) is 17.3 Å². The first-order valence-corrected chi connectivity index (χ1v) is 8.61. The van der Waals surface area contributed by atoms with Gasteiger partial charge in [-0.05, 0) is 26.0 Å². The SMILES string of the molecule is Cc1cc(NC(=O)CN(C)C(=O)c2nn(-c3ccccc3F)c(C)cc2=O)no1. The van der Waals surface area contributed by atoms with Gasteiger partial charge >= 0.3 is 0 Å². The smallest absolute Gasteiger partial charge is 0.278 e. The van der Waals surface area contributed by atoms with Crippen molar-refractivity contribution >= 4 is 17.6 Å². The van der Waals surface area contributed by atoms with Crippen LogP contribution >= 0.6 is 0 Å². The Labute approximate surface area is 164 Å². The number of carbonyl (C=O) groups is 2. The Kier molecular flexibility index (Phi) is 5.53. The van der Waals surface area contributed by atoms with Crippen LogP contribution in [0, 0.1) is 19.7 Å². The maximum absolute atomic E-state index is 14.1. The molecule has 1 aromatic carbocycles. The molecule has 0 aliphatic rings. The largest absolute Gasteiger partial charge is 0.360 e. The predicted octanol–water partition coefficient (Wildman–Crippen LogP) is 1.69. The zero-order valence-electron chi connectivity index (χ0n) is 16.0. The van der Waals surface area contributed by atoms with Crippen molar-refractivity contribution in [2.24, 2.45) is 0 Å². The van der Waals surface area contributed by atoms with Crippen LogP contribution in [0.2, 0.25) is 0 Å². The summed E-state index contributed by atoms with van der Waals surface area (Å²) < 4.78 is 20.2. The van der Waals surface area contributed by atoms with Crippen LogP contribution in [0.5, 0.6) is 0 Å². The van der Waals surface area contributed by atoms with Crippen molar-refractivity contribution in [1.82, 2.24) is 19.8 Å². The lowest BCUT2D eigenvalue weighted by Crippen LogP contribution is -2.38. The van der Waals surface area contributed by atoms with Crippen molar-refractivity contribution < 1.29 is 18.5 Å². The third kappa shape index (κ3) is 4.37. The molecule has 0 saturated carbocycles. The van der Waals surface area contributed by atoms with Crippen molar-refractivity contribution in [3.05, 3.63) is 69.6 Å². The summed E-state index contributed by atoms with van der Waals surface area (Å²) in [6, 6.07) is 8.57. The highest BCUT2D eigenvalue weighted by Gasteiger charge is 2.22. The Hall–Kier alpha value is -3.82. The maximum Gasteiger partial charge on any atom is 0.278 e. The van der Waals surface area contributed by atoms with Gasteiger partial charge in [0.25, 0.3) is 5.91 Å². The third-order valence-corrected chi connectivity index (χ3v) is 4.01. The van der Waals surface area contributed by atoms with Crippen molar-refractivity contribution in [2.45, 2.75) is 13.8 Å². The van der Waals surface area contributed by atoms with Gasteiger partial charge in [0.05, 0.1) is 6.54 Å². The zero-order valence-corrected chi connectivity index (χ0v) is 16.0. The molecule has 0 aliphatic heterocycles. The lowest BCUT2D eigenvalue weighted by atomic mass is 10.2. The molecule has 1 N–H and O–H groups in total. The summed E-state index contributed by atoms with van der Waals surface area (Å²) in [5.74, 6) is -1.13. The Morgan fingerprint density at radius 1 is 1.24 bits per heavy atom. The molecule has 2 heterocycles. The minimum absolute atomic E-state index is 0.0980.